The first-order valence-corrected chi connectivity index (χ1v) is 7.89. The minimum atomic E-state index is -1.62. The second-order valence-electron chi connectivity index (χ2n) is 5.45. The van der Waals surface area contributed by atoms with E-state index in [1.165, 1.54) is 6.08 Å². The maximum Gasteiger partial charge on any atom is 0.373 e. The zero-order valence-electron chi connectivity index (χ0n) is 13.7. The minimum absolute atomic E-state index is 0.114. The van der Waals surface area contributed by atoms with Gasteiger partial charge in [0.2, 0.25) is 12.0 Å². The summed E-state index contributed by atoms with van der Waals surface area (Å²) >= 11 is 0. The third-order valence-corrected chi connectivity index (χ3v) is 3.67. The molecule has 1 aromatic carbocycles. The van der Waals surface area contributed by atoms with Crippen molar-refractivity contribution < 1.29 is 39.4 Å². The van der Waals surface area contributed by atoms with Crippen LogP contribution in [0.2, 0.25) is 0 Å². The Hall–Kier alpha value is -1.97. The number of carbonyl (C=O) groups excluding carboxylic acids is 1. The molecule has 2 rings (SSSR count). The maximum absolute atomic E-state index is 12.1. The van der Waals surface area contributed by atoms with Crippen molar-refractivity contribution in [3.8, 4) is 0 Å². The molecule has 0 spiro atoms. The van der Waals surface area contributed by atoms with Crippen LogP contribution in [0, 0.1) is 0 Å². The fourth-order valence-corrected chi connectivity index (χ4v) is 2.33. The fourth-order valence-electron chi connectivity index (χ4n) is 2.33. The molecule has 25 heavy (non-hydrogen) atoms. The van der Waals surface area contributed by atoms with E-state index in [4.69, 9.17) is 14.2 Å². The van der Waals surface area contributed by atoms with E-state index in [0.29, 0.717) is 5.56 Å². The number of esters is 1. The van der Waals surface area contributed by atoms with Gasteiger partial charge in [-0.1, -0.05) is 30.3 Å². The molecule has 0 aromatic heterocycles. The number of aliphatic hydroxyl groups excluding tert-OH is 4. The molecule has 1 aliphatic rings. The molecule has 5 atom stereocenters. The normalized spacial score (nSPS) is 30.0. The van der Waals surface area contributed by atoms with Crippen molar-refractivity contribution in [2.24, 2.45) is 0 Å². The van der Waals surface area contributed by atoms with Gasteiger partial charge in [-0.25, -0.2) is 4.79 Å². The molecule has 1 aromatic rings. The summed E-state index contributed by atoms with van der Waals surface area (Å²) in [7, 11) is 0. The molecule has 0 amide bonds. The molecule has 138 valence electrons. The third-order valence-electron chi connectivity index (χ3n) is 3.67. The van der Waals surface area contributed by atoms with Crippen LogP contribution >= 0.6 is 0 Å². The van der Waals surface area contributed by atoms with E-state index in [1.54, 1.807) is 37.3 Å². The molecule has 1 heterocycles. The number of ether oxygens (including phenoxy) is 3. The summed E-state index contributed by atoms with van der Waals surface area (Å²) in [6, 6.07) is 8.80. The first-order chi connectivity index (χ1) is 12.0. The molecular formula is C17H22O8. The fraction of sp³-hybridized carbons (Fsp3) is 0.471. The van der Waals surface area contributed by atoms with Crippen LogP contribution in [-0.2, 0) is 19.0 Å². The van der Waals surface area contributed by atoms with Crippen molar-refractivity contribution in [3.05, 3.63) is 41.7 Å². The number of benzene rings is 1. The second-order valence-corrected chi connectivity index (χ2v) is 5.45. The summed E-state index contributed by atoms with van der Waals surface area (Å²) in [6.45, 7) is 1.15. The first kappa shape index (κ1) is 19.4. The maximum atomic E-state index is 12.1. The Balaban J connectivity index is 2.23. The number of hydrogen-bond acceptors (Lipinski definition) is 8. The third kappa shape index (κ3) is 4.77. The van der Waals surface area contributed by atoms with E-state index in [0.717, 1.165) is 0 Å². The highest BCUT2D eigenvalue weighted by atomic mass is 16.7. The van der Waals surface area contributed by atoms with Gasteiger partial charge in [-0.3, -0.25) is 0 Å². The molecule has 0 bridgehead atoms. The van der Waals surface area contributed by atoms with Gasteiger partial charge in [-0.15, -0.1) is 0 Å². The van der Waals surface area contributed by atoms with E-state index < -0.39 is 43.3 Å². The molecule has 8 heteroatoms. The Morgan fingerprint density at radius 2 is 1.84 bits per heavy atom. The lowest BCUT2D eigenvalue weighted by atomic mass is 9.99. The van der Waals surface area contributed by atoms with Crippen LogP contribution in [0.15, 0.2) is 36.1 Å². The van der Waals surface area contributed by atoms with Crippen molar-refractivity contribution >= 4 is 12.0 Å². The van der Waals surface area contributed by atoms with Gasteiger partial charge in [0.15, 0.2) is 0 Å². The number of hydrogen-bond donors (Lipinski definition) is 4. The van der Waals surface area contributed by atoms with Gasteiger partial charge in [-0.05, 0) is 18.6 Å². The van der Waals surface area contributed by atoms with Gasteiger partial charge in [-0.2, -0.15) is 0 Å². The van der Waals surface area contributed by atoms with Gasteiger partial charge in [0, 0.05) is 0 Å². The topological polar surface area (TPSA) is 126 Å². The standard InChI is InChI=1S/C17H22O8/c1-2-23-16(22)11(8-10-6-4-3-5-7-10)24-17-15(21)14(20)13(19)12(9-18)25-17/h3-8,12-15,17-21H,2,9H2,1H3/t12-,13-,14+,15-,17?/m1/s1. The summed E-state index contributed by atoms with van der Waals surface area (Å²) in [5.41, 5.74) is 0.648. The second kappa shape index (κ2) is 8.93. The van der Waals surface area contributed by atoms with Crippen molar-refractivity contribution in [1.29, 1.82) is 0 Å². The smallest absolute Gasteiger partial charge is 0.373 e. The highest BCUT2D eigenvalue weighted by molar-refractivity contribution is 5.91. The van der Waals surface area contributed by atoms with Crippen LogP contribution in [0.4, 0.5) is 0 Å². The Labute approximate surface area is 144 Å². The van der Waals surface area contributed by atoms with Gasteiger partial charge in [0.1, 0.15) is 24.4 Å². The van der Waals surface area contributed by atoms with Crippen molar-refractivity contribution in [2.45, 2.75) is 37.6 Å². The Bertz CT molecular complexity index is 586. The van der Waals surface area contributed by atoms with Gasteiger partial charge in [0.25, 0.3) is 0 Å². The minimum Gasteiger partial charge on any atom is -0.460 e. The van der Waals surface area contributed by atoms with E-state index in [-0.39, 0.29) is 12.4 Å². The lowest BCUT2D eigenvalue weighted by molar-refractivity contribution is -0.291. The Kier molecular flexibility index (Phi) is 6.91. The zero-order chi connectivity index (χ0) is 18.4. The molecule has 8 nitrogen and oxygen atoms in total. The number of carbonyl (C=O) groups is 1. The average molecular weight is 354 g/mol. The van der Waals surface area contributed by atoms with Crippen LogP contribution in [0.1, 0.15) is 12.5 Å². The number of rotatable bonds is 6. The molecule has 0 aliphatic carbocycles. The molecule has 0 saturated carbocycles. The molecule has 1 unspecified atom stereocenters. The molecule has 1 aliphatic heterocycles. The summed E-state index contributed by atoms with van der Waals surface area (Å²) in [4.78, 5) is 12.1. The predicted octanol–water partition coefficient (Wildman–Crippen LogP) is -0.593. The molecular weight excluding hydrogens is 332 g/mol. The predicted molar refractivity (Wildman–Crippen MR) is 85.9 cm³/mol. The van der Waals surface area contributed by atoms with E-state index in [9.17, 15) is 25.2 Å². The zero-order valence-corrected chi connectivity index (χ0v) is 13.7. The van der Waals surface area contributed by atoms with Crippen LogP contribution in [0.25, 0.3) is 6.08 Å². The Morgan fingerprint density at radius 3 is 2.44 bits per heavy atom. The van der Waals surface area contributed by atoms with Crippen LogP contribution in [0.5, 0.6) is 0 Å². The quantitative estimate of drug-likeness (QED) is 0.303. The Morgan fingerprint density at radius 1 is 1.16 bits per heavy atom. The van der Waals surface area contributed by atoms with Gasteiger partial charge < -0.3 is 34.6 Å². The van der Waals surface area contributed by atoms with Crippen LogP contribution in [-0.4, -0.2) is 70.3 Å². The lowest BCUT2D eigenvalue weighted by Gasteiger charge is -2.39. The molecule has 0 radical (unpaired) electrons. The largest absolute Gasteiger partial charge is 0.460 e. The summed E-state index contributed by atoms with van der Waals surface area (Å²) in [5, 5.41) is 38.8. The highest BCUT2D eigenvalue weighted by Crippen LogP contribution is 2.24. The monoisotopic (exact) mass is 354 g/mol. The SMILES string of the molecule is CCOC(=O)C(=Cc1ccccc1)OC1O[C@H](CO)[C@@H](O)[C@H](O)[C@H]1O. The highest BCUT2D eigenvalue weighted by Gasteiger charge is 2.45. The van der Waals surface area contributed by atoms with Gasteiger partial charge in [0.05, 0.1) is 13.2 Å². The lowest BCUT2D eigenvalue weighted by Crippen LogP contribution is -2.59. The molecule has 1 fully saturated rings. The van der Waals surface area contributed by atoms with Crippen molar-refractivity contribution in [2.75, 3.05) is 13.2 Å². The number of aliphatic hydroxyl groups is 4. The summed E-state index contributed by atoms with van der Waals surface area (Å²) in [5.74, 6) is -1.01. The van der Waals surface area contributed by atoms with Gasteiger partial charge >= 0.3 is 5.97 Å². The van der Waals surface area contributed by atoms with Crippen LogP contribution in [0.3, 0.4) is 0 Å². The average Bonchev–Trinajstić information content (AvgIpc) is 2.62. The summed E-state index contributed by atoms with van der Waals surface area (Å²) < 4.78 is 15.6. The van der Waals surface area contributed by atoms with Crippen molar-refractivity contribution in [1.82, 2.24) is 0 Å². The van der Waals surface area contributed by atoms with Crippen molar-refractivity contribution in [3.63, 3.8) is 0 Å². The first-order valence-electron chi connectivity index (χ1n) is 7.89. The summed E-state index contributed by atoms with van der Waals surface area (Å²) in [6.07, 6.45) is -5.93. The van der Waals surface area contributed by atoms with E-state index >= 15 is 0 Å². The van der Waals surface area contributed by atoms with E-state index in [2.05, 4.69) is 0 Å². The molecule has 1 saturated heterocycles. The molecule has 4 N–H and O–H groups in total. The van der Waals surface area contributed by atoms with Crippen LogP contribution < -0.4 is 0 Å². The van der Waals surface area contributed by atoms with E-state index in [1.807, 2.05) is 0 Å².